The molecule has 3 heteroatoms. The molecule has 2 nitrogen and oxygen atoms in total. The molecule has 0 aliphatic carbocycles. The van der Waals surface area contributed by atoms with Crippen molar-refractivity contribution in [1.29, 1.82) is 0 Å². The molecule has 0 saturated heterocycles. The van der Waals surface area contributed by atoms with Gasteiger partial charge in [0.1, 0.15) is 5.75 Å². The Morgan fingerprint density at radius 3 is 2.56 bits per heavy atom. The van der Waals surface area contributed by atoms with Crippen molar-refractivity contribution in [1.82, 2.24) is 0 Å². The highest BCUT2D eigenvalue weighted by Gasteiger charge is 2.16. The Balaban J connectivity index is 3.27. The lowest BCUT2D eigenvalue weighted by molar-refractivity contribution is 0.402. The van der Waals surface area contributed by atoms with Crippen molar-refractivity contribution >= 4 is 11.6 Å². The number of ether oxygens (including phenoxy) is 1. The summed E-state index contributed by atoms with van der Waals surface area (Å²) in [6, 6.07) is 2.11. The smallest absolute Gasteiger partial charge is 0.126 e. The fourth-order valence-corrected chi connectivity index (χ4v) is 2.16. The Morgan fingerprint density at radius 2 is 2.06 bits per heavy atom. The zero-order chi connectivity index (χ0) is 12.3. The van der Waals surface area contributed by atoms with Gasteiger partial charge in [0.05, 0.1) is 12.1 Å². The number of halogens is 1. The lowest BCUT2D eigenvalue weighted by Gasteiger charge is -2.19. The molecule has 0 heterocycles. The summed E-state index contributed by atoms with van der Waals surface area (Å²) in [6.45, 7) is 6.86. The first-order valence-corrected chi connectivity index (χ1v) is 5.94. The lowest BCUT2D eigenvalue weighted by atomic mass is 9.93. The number of hydrogen-bond acceptors (Lipinski definition) is 2. The van der Waals surface area contributed by atoms with Gasteiger partial charge in [-0.15, -0.1) is 0 Å². The van der Waals surface area contributed by atoms with Gasteiger partial charge in [-0.2, -0.15) is 0 Å². The predicted octanol–water partition coefficient (Wildman–Crippen LogP) is 3.42. The normalized spacial score (nSPS) is 12.6. The molecular formula is C13H20ClNO. The molecule has 0 saturated carbocycles. The monoisotopic (exact) mass is 241 g/mol. The Labute approximate surface area is 103 Å². The first-order chi connectivity index (χ1) is 7.52. The van der Waals surface area contributed by atoms with E-state index in [9.17, 15) is 0 Å². The molecule has 0 aliphatic heterocycles. The lowest BCUT2D eigenvalue weighted by Crippen LogP contribution is -2.07. The molecule has 0 amide bonds. The minimum Gasteiger partial charge on any atom is -0.496 e. The molecule has 0 fully saturated rings. The van der Waals surface area contributed by atoms with Crippen LogP contribution >= 0.6 is 11.6 Å². The van der Waals surface area contributed by atoms with E-state index in [2.05, 4.69) is 13.0 Å². The SMILES string of the molecule is COc1c(C(C)CCN)cc(C)c(Cl)c1C. The summed E-state index contributed by atoms with van der Waals surface area (Å²) in [5, 5.41) is 0.792. The van der Waals surface area contributed by atoms with E-state index in [1.165, 1.54) is 5.56 Å². The summed E-state index contributed by atoms with van der Waals surface area (Å²) in [4.78, 5) is 0. The minimum absolute atomic E-state index is 0.398. The number of nitrogens with two attached hydrogens (primary N) is 1. The van der Waals surface area contributed by atoms with Crippen LogP contribution in [-0.2, 0) is 0 Å². The fraction of sp³-hybridized carbons (Fsp3) is 0.538. The van der Waals surface area contributed by atoms with E-state index < -0.39 is 0 Å². The van der Waals surface area contributed by atoms with Crippen molar-refractivity contribution in [2.24, 2.45) is 5.73 Å². The van der Waals surface area contributed by atoms with E-state index >= 15 is 0 Å². The molecule has 16 heavy (non-hydrogen) atoms. The van der Waals surface area contributed by atoms with Gasteiger partial charge in [0.25, 0.3) is 0 Å². The molecule has 0 aliphatic rings. The summed E-state index contributed by atoms with van der Waals surface area (Å²) >= 11 is 6.21. The van der Waals surface area contributed by atoms with Gasteiger partial charge in [-0.05, 0) is 43.9 Å². The first kappa shape index (κ1) is 13.3. The summed E-state index contributed by atoms with van der Waals surface area (Å²) in [6.07, 6.45) is 0.955. The highest BCUT2D eigenvalue weighted by atomic mass is 35.5. The van der Waals surface area contributed by atoms with Crippen LogP contribution < -0.4 is 10.5 Å². The van der Waals surface area contributed by atoms with Crippen LogP contribution in [0.3, 0.4) is 0 Å². The molecule has 1 atom stereocenters. The van der Waals surface area contributed by atoms with Gasteiger partial charge < -0.3 is 10.5 Å². The number of rotatable bonds is 4. The molecule has 0 bridgehead atoms. The minimum atomic E-state index is 0.398. The molecule has 1 rings (SSSR count). The average Bonchev–Trinajstić information content (AvgIpc) is 2.26. The molecule has 0 radical (unpaired) electrons. The summed E-state index contributed by atoms with van der Waals surface area (Å²) in [5.74, 6) is 1.30. The zero-order valence-corrected chi connectivity index (χ0v) is 11.2. The second-order valence-electron chi connectivity index (χ2n) is 4.23. The number of aryl methyl sites for hydroxylation is 1. The number of methoxy groups -OCH3 is 1. The second-order valence-corrected chi connectivity index (χ2v) is 4.61. The summed E-state index contributed by atoms with van der Waals surface area (Å²) < 4.78 is 5.45. The number of benzene rings is 1. The maximum absolute atomic E-state index is 6.21. The van der Waals surface area contributed by atoms with Crippen LogP contribution in [-0.4, -0.2) is 13.7 Å². The van der Waals surface area contributed by atoms with Crippen LogP contribution in [0.2, 0.25) is 5.02 Å². The van der Waals surface area contributed by atoms with E-state index in [0.29, 0.717) is 12.5 Å². The molecule has 1 unspecified atom stereocenters. The fourth-order valence-electron chi connectivity index (χ4n) is 2.02. The van der Waals surface area contributed by atoms with E-state index in [1.54, 1.807) is 7.11 Å². The van der Waals surface area contributed by atoms with Gasteiger partial charge in [0, 0.05) is 5.56 Å². The van der Waals surface area contributed by atoms with Gasteiger partial charge >= 0.3 is 0 Å². The van der Waals surface area contributed by atoms with Gasteiger partial charge in [0.15, 0.2) is 0 Å². The van der Waals surface area contributed by atoms with Crippen LogP contribution in [0.4, 0.5) is 0 Å². The molecule has 90 valence electrons. The number of hydrogen-bond donors (Lipinski definition) is 1. The van der Waals surface area contributed by atoms with Gasteiger partial charge in [0.2, 0.25) is 0 Å². The second kappa shape index (κ2) is 5.55. The third-order valence-corrected chi connectivity index (χ3v) is 3.57. The Bertz CT molecular complexity index is 377. The topological polar surface area (TPSA) is 35.2 Å². The standard InChI is InChI=1S/C13H20ClNO/c1-8(5-6-15)11-7-9(2)12(14)10(3)13(11)16-4/h7-8H,5-6,15H2,1-4H3. The molecule has 0 aromatic heterocycles. The van der Waals surface area contributed by atoms with Crippen molar-refractivity contribution in [3.8, 4) is 5.75 Å². The Hall–Kier alpha value is -0.730. The Kier molecular flexibility index (Phi) is 4.63. The highest BCUT2D eigenvalue weighted by molar-refractivity contribution is 6.32. The van der Waals surface area contributed by atoms with Crippen LogP contribution in [0, 0.1) is 13.8 Å². The van der Waals surface area contributed by atoms with Gasteiger partial charge in [-0.3, -0.25) is 0 Å². The van der Waals surface area contributed by atoms with Crippen molar-refractivity contribution in [3.05, 3.63) is 27.8 Å². The summed E-state index contributed by atoms with van der Waals surface area (Å²) in [7, 11) is 1.69. The third-order valence-electron chi connectivity index (χ3n) is 2.98. The quantitative estimate of drug-likeness (QED) is 0.877. The van der Waals surface area contributed by atoms with Crippen molar-refractivity contribution in [3.63, 3.8) is 0 Å². The van der Waals surface area contributed by atoms with E-state index in [4.69, 9.17) is 22.1 Å². The largest absolute Gasteiger partial charge is 0.496 e. The van der Waals surface area contributed by atoms with E-state index in [0.717, 1.165) is 28.3 Å². The maximum Gasteiger partial charge on any atom is 0.126 e. The van der Waals surface area contributed by atoms with Crippen molar-refractivity contribution in [2.45, 2.75) is 33.1 Å². The average molecular weight is 242 g/mol. The molecule has 1 aromatic rings. The van der Waals surface area contributed by atoms with E-state index in [-0.39, 0.29) is 0 Å². The van der Waals surface area contributed by atoms with Crippen molar-refractivity contribution < 1.29 is 4.74 Å². The van der Waals surface area contributed by atoms with Crippen molar-refractivity contribution in [2.75, 3.05) is 13.7 Å². The molecule has 0 spiro atoms. The van der Waals surface area contributed by atoms with Gasteiger partial charge in [-0.1, -0.05) is 24.6 Å². The van der Waals surface area contributed by atoms with Crippen LogP contribution in [0.5, 0.6) is 5.75 Å². The first-order valence-electron chi connectivity index (χ1n) is 5.56. The zero-order valence-electron chi connectivity index (χ0n) is 10.4. The molecule has 1 aromatic carbocycles. The van der Waals surface area contributed by atoms with Crippen LogP contribution in [0.1, 0.15) is 36.0 Å². The third kappa shape index (κ3) is 2.50. The van der Waals surface area contributed by atoms with E-state index in [1.807, 2.05) is 13.8 Å². The molecule has 2 N–H and O–H groups in total. The van der Waals surface area contributed by atoms with Crippen LogP contribution in [0.25, 0.3) is 0 Å². The van der Waals surface area contributed by atoms with Gasteiger partial charge in [-0.25, -0.2) is 0 Å². The maximum atomic E-state index is 6.21. The Morgan fingerprint density at radius 1 is 1.44 bits per heavy atom. The highest BCUT2D eigenvalue weighted by Crippen LogP contribution is 2.37. The van der Waals surface area contributed by atoms with Crippen LogP contribution in [0.15, 0.2) is 6.07 Å². The predicted molar refractivity (Wildman–Crippen MR) is 69.6 cm³/mol. The molecular weight excluding hydrogens is 222 g/mol. The summed E-state index contributed by atoms with van der Waals surface area (Å²) in [5.41, 5.74) is 8.91.